The third-order valence-corrected chi connectivity index (χ3v) is 1.83. The van der Waals surface area contributed by atoms with E-state index in [0.717, 1.165) is 6.42 Å². The number of hydrogen-bond donors (Lipinski definition) is 1. The first kappa shape index (κ1) is 4.61. The van der Waals surface area contributed by atoms with Gasteiger partial charge < -0.3 is 5.32 Å². The van der Waals surface area contributed by atoms with Crippen LogP contribution in [0.5, 0.6) is 0 Å². The van der Waals surface area contributed by atoms with E-state index in [1.54, 1.807) is 0 Å². The molecule has 1 heterocycles. The van der Waals surface area contributed by atoms with Gasteiger partial charge in [-0.3, -0.25) is 4.79 Å². The maximum Gasteiger partial charge on any atom is 0.136 e. The first-order valence-electron chi connectivity index (χ1n) is 6.08. The van der Waals surface area contributed by atoms with Crippen LogP contribution >= 0.6 is 0 Å². The standard InChI is InChI=1S/C9H17NO/c1-2-3-9(11)8-4-6-10-7-5-8/h8,10H,2-7H2,1H3/i6D2,7D2. The smallest absolute Gasteiger partial charge is 0.136 e. The molecule has 1 fully saturated rings. The summed E-state index contributed by atoms with van der Waals surface area (Å²) in [5.41, 5.74) is 0. The van der Waals surface area contributed by atoms with Crippen molar-refractivity contribution in [3.05, 3.63) is 0 Å². The molecule has 0 amide bonds. The average molecular weight is 159 g/mol. The van der Waals surface area contributed by atoms with Crippen LogP contribution in [0.1, 0.15) is 38.1 Å². The van der Waals surface area contributed by atoms with Crippen LogP contribution in [0, 0.1) is 5.92 Å². The summed E-state index contributed by atoms with van der Waals surface area (Å²) in [6.45, 7) is -1.67. The highest BCUT2D eigenvalue weighted by atomic mass is 16.1. The third kappa shape index (κ3) is 2.62. The average Bonchev–Trinajstić information content (AvgIpc) is 1.98. The Labute approximate surface area is 74.0 Å². The van der Waals surface area contributed by atoms with Crippen molar-refractivity contribution < 1.29 is 10.3 Å². The van der Waals surface area contributed by atoms with Crippen molar-refractivity contribution in [2.45, 2.75) is 32.6 Å². The van der Waals surface area contributed by atoms with Crippen molar-refractivity contribution in [3.8, 4) is 0 Å². The topological polar surface area (TPSA) is 29.1 Å². The van der Waals surface area contributed by atoms with Gasteiger partial charge in [-0.1, -0.05) is 6.92 Å². The zero-order valence-corrected chi connectivity index (χ0v) is 6.81. The van der Waals surface area contributed by atoms with Gasteiger partial charge >= 0.3 is 0 Å². The largest absolute Gasteiger partial charge is 0.317 e. The number of carbonyl (C=O) groups excluding carboxylic acids is 1. The Bertz CT molecular complexity index is 238. The summed E-state index contributed by atoms with van der Waals surface area (Å²) in [7, 11) is 0. The van der Waals surface area contributed by atoms with Crippen LogP contribution in [0.25, 0.3) is 0 Å². The van der Waals surface area contributed by atoms with E-state index in [-0.39, 0.29) is 18.6 Å². The molecule has 1 aliphatic heterocycles. The second-order valence-electron chi connectivity index (χ2n) is 2.80. The van der Waals surface area contributed by atoms with Crippen LogP contribution in [0.3, 0.4) is 0 Å². The molecule has 0 bridgehead atoms. The molecule has 0 unspecified atom stereocenters. The lowest BCUT2D eigenvalue weighted by Gasteiger charge is -2.20. The van der Waals surface area contributed by atoms with E-state index in [2.05, 4.69) is 5.32 Å². The molecule has 0 aromatic heterocycles. The molecule has 2 heteroatoms. The van der Waals surface area contributed by atoms with Gasteiger partial charge in [0.05, 0.1) is 0 Å². The van der Waals surface area contributed by atoms with E-state index in [9.17, 15) is 4.79 Å². The highest BCUT2D eigenvalue weighted by Gasteiger charge is 2.19. The van der Waals surface area contributed by atoms with Crippen molar-refractivity contribution in [3.63, 3.8) is 0 Å². The third-order valence-electron chi connectivity index (χ3n) is 1.83. The number of ketones is 1. The second kappa shape index (κ2) is 4.50. The van der Waals surface area contributed by atoms with Crippen LogP contribution in [0.2, 0.25) is 0 Å². The van der Waals surface area contributed by atoms with Gasteiger partial charge in [0, 0.05) is 17.8 Å². The van der Waals surface area contributed by atoms with E-state index >= 15 is 0 Å². The minimum Gasteiger partial charge on any atom is -0.317 e. The van der Waals surface area contributed by atoms with Gasteiger partial charge in [-0.2, -0.15) is 0 Å². The first-order valence-corrected chi connectivity index (χ1v) is 4.08. The molecular weight excluding hydrogens is 138 g/mol. The van der Waals surface area contributed by atoms with Gasteiger partial charge in [0.2, 0.25) is 0 Å². The molecule has 0 aliphatic carbocycles. The zero-order valence-electron chi connectivity index (χ0n) is 10.8. The quantitative estimate of drug-likeness (QED) is 0.673. The predicted molar refractivity (Wildman–Crippen MR) is 45.5 cm³/mol. The Hall–Kier alpha value is -0.370. The lowest BCUT2D eigenvalue weighted by Crippen LogP contribution is -2.31. The van der Waals surface area contributed by atoms with Gasteiger partial charge in [0.15, 0.2) is 0 Å². The summed E-state index contributed by atoms with van der Waals surface area (Å²) in [6.07, 6.45) is 1.29. The maximum atomic E-state index is 11.6. The zero-order chi connectivity index (χ0) is 11.7. The molecular formula is C9H17NO. The highest BCUT2D eigenvalue weighted by molar-refractivity contribution is 5.81. The van der Waals surface area contributed by atoms with Crippen molar-refractivity contribution in [1.29, 1.82) is 0 Å². The van der Waals surface area contributed by atoms with E-state index in [0.29, 0.717) is 6.42 Å². The molecule has 0 aromatic rings. The van der Waals surface area contributed by atoms with Crippen LogP contribution in [0.4, 0.5) is 0 Å². The van der Waals surface area contributed by atoms with E-state index in [1.807, 2.05) is 6.92 Å². The number of carbonyl (C=O) groups is 1. The number of rotatable bonds is 3. The van der Waals surface area contributed by atoms with Crippen LogP contribution in [-0.2, 0) is 4.79 Å². The lowest BCUT2D eigenvalue weighted by atomic mass is 9.91. The molecule has 2 nitrogen and oxygen atoms in total. The Balaban J connectivity index is 2.71. The summed E-state index contributed by atoms with van der Waals surface area (Å²) < 4.78 is 30.0. The molecule has 0 aromatic carbocycles. The SMILES string of the molecule is [2H]C1([2H])CC(C(=O)CCC)CC([2H])([2H])N1. The molecule has 0 radical (unpaired) electrons. The predicted octanol–water partition coefficient (Wildman–Crippen LogP) is 1.36. The summed E-state index contributed by atoms with van der Waals surface area (Å²) in [5.74, 6) is -0.511. The Morgan fingerprint density at radius 3 is 2.82 bits per heavy atom. The fourth-order valence-electron chi connectivity index (χ4n) is 1.16. The van der Waals surface area contributed by atoms with Gasteiger partial charge in [-0.05, 0) is 32.3 Å². The van der Waals surface area contributed by atoms with Crippen LogP contribution in [-0.4, -0.2) is 18.8 Å². The van der Waals surface area contributed by atoms with Crippen molar-refractivity contribution in [2.75, 3.05) is 13.0 Å². The number of piperidine rings is 1. The highest BCUT2D eigenvalue weighted by Crippen LogP contribution is 2.14. The van der Waals surface area contributed by atoms with E-state index in [1.165, 1.54) is 0 Å². The Kier molecular flexibility index (Phi) is 1.88. The Morgan fingerprint density at radius 2 is 2.27 bits per heavy atom. The molecule has 0 atom stereocenters. The molecule has 0 spiro atoms. The molecule has 0 saturated carbocycles. The summed E-state index contributed by atoms with van der Waals surface area (Å²) in [4.78, 5) is 11.6. The fraction of sp³-hybridized carbons (Fsp3) is 0.889. The van der Waals surface area contributed by atoms with E-state index < -0.39 is 18.9 Å². The number of hydrogen-bond acceptors (Lipinski definition) is 2. The summed E-state index contributed by atoms with van der Waals surface area (Å²) in [6, 6.07) is 0. The van der Waals surface area contributed by atoms with Gasteiger partial charge in [-0.15, -0.1) is 0 Å². The lowest BCUT2D eigenvalue weighted by molar-refractivity contribution is -0.123. The van der Waals surface area contributed by atoms with Crippen LogP contribution < -0.4 is 5.32 Å². The van der Waals surface area contributed by atoms with Gasteiger partial charge in [0.1, 0.15) is 5.78 Å². The monoisotopic (exact) mass is 159 g/mol. The van der Waals surface area contributed by atoms with Gasteiger partial charge in [0.25, 0.3) is 0 Å². The maximum absolute atomic E-state index is 11.6. The first-order chi connectivity index (χ1) is 6.76. The summed E-state index contributed by atoms with van der Waals surface area (Å²) in [5, 5.41) is 2.27. The van der Waals surface area contributed by atoms with Crippen molar-refractivity contribution >= 4 is 5.78 Å². The molecule has 64 valence electrons. The minimum atomic E-state index is -1.78. The Morgan fingerprint density at radius 1 is 1.64 bits per heavy atom. The molecule has 1 saturated heterocycles. The van der Waals surface area contributed by atoms with Gasteiger partial charge in [-0.25, -0.2) is 0 Å². The molecule has 1 rings (SSSR count). The number of Topliss-reactive ketones (excluding diaryl/α,β-unsaturated/α-hetero) is 1. The molecule has 1 N–H and O–H groups in total. The minimum absolute atomic E-state index is 0.0215. The van der Waals surface area contributed by atoms with Crippen LogP contribution in [0.15, 0.2) is 0 Å². The second-order valence-corrected chi connectivity index (χ2v) is 2.80. The van der Waals surface area contributed by atoms with Crippen molar-refractivity contribution in [1.82, 2.24) is 5.32 Å². The summed E-state index contributed by atoms with van der Waals surface area (Å²) >= 11 is 0. The normalized spacial score (nSPS) is 34.6. The van der Waals surface area contributed by atoms with E-state index in [4.69, 9.17) is 5.48 Å². The number of nitrogens with one attached hydrogen (secondary N) is 1. The fourth-order valence-corrected chi connectivity index (χ4v) is 1.16. The van der Waals surface area contributed by atoms with Crippen molar-refractivity contribution in [2.24, 2.45) is 5.92 Å². The molecule has 11 heavy (non-hydrogen) atoms. The molecule has 1 aliphatic rings.